The summed E-state index contributed by atoms with van der Waals surface area (Å²) >= 11 is 5.89. The van der Waals surface area contributed by atoms with Gasteiger partial charge in [0, 0.05) is 30.5 Å². The van der Waals surface area contributed by atoms with Gasteiger partial charge in [-0.25, -0.2) is 4.98 Å². The fourth-order valence-electron chi connectivity index (χ4n) is 2.87. The molecule has 142 valence electrons. The summed E-state index contributed by atoms with van der Waals surface area (Å²) in [5, 5.41) is 4.61. The smallest absolute Gasteiger partial charge is 0.227 e. The molecule has 0 aliphatic rings. The molecule has 0 saturated heterocycles. The molecule has 1 N–H and O–H groups in total. The summed E-state index contributed by atoms with van der Waals surface area (Å²) in [5.41, 5.74) is 2.66. The van der Waals surface area contributed by atoms with Gasteiger partial charge in [0.1, 0.15) is 5.82 Å². The summed E-state index contributed by atoms with van der Waals surface area (Å²) in [6.45, 7) is 0.410. The Morgan fingerprint density at radius 1 is 1.14 bits per heavy atom. The van der Waals surface area contributed by atoms with Gasteiger partial charge in [-0.15, -0.1) is 0 Å². The van der Waals surface area contributed by atoms with E-state index in [1.807, 2.05) is 36.4 Å². The Morgan fingerprint density at radius 2 is 1.93 bits per heavy atom. The zero-order valence-corrected chi connectivity index (χ0v) is 16.0. The van der Waals surface area contributed by atoms with Gasteiger partial charge in [0.2, 0.25) is 17.6 Å². The number of imidazole rings is 1. The van der Waals surface area contributed by atoms with E-state index in [9.17, 15) is 4.79 Å². The Bertz CT molecular complexity index is 1070. The lowest BCUT2D eigenvalue weighted by Crippen LogP contribution is -2.26. The molecule has 4 rings (SSSR count). The third-order valence-corrected chi connectivity index (χ3v) is 4.63. The maximum absolute atomic E-state index is 12.4. The van der Waals surface area contributed by atoms with Crippen LogP contribution in [0, 0.1) is 0 Å². The van der Waals surface area contributed by atoms with Crippen molar-refractivity contribution in [3.05, 3.63) is 65.3 Å². The second-order valence-electron chi connectivity index (χ2n) is 6.47. The van der Waals surface area contributed by atoms with Crippen LogP contribution in [0.3, 0.4) is 0 Å². The molecular formula is C20H18ClN5O2. The zero-order chi connectivity index (χ0) is 19.5. The first-order valence-corrected chi connectivity index (χ1v) is 9.22. The number of para-hydroxylation sites is 2. The van der Waals surface area contributed by atoms with Crippen LogP contribution in [0.4, 0.5) is 0 Å². The quantitative estimate of drug-likeness (QED) is 0.535. The molecule has 0 radical (unpaired) electrons. The van der Waals surface area contributed by atoms with Crippen molar-refractivity contribution in [1.82, 2.24) is 25.0 Å². The number of nitrogens with one attached hydrogen (secondary N) is 1. The number of H-pyrrole nitrogens is 1. The lowest BCUT2D eigenvalue weighted by atomic mass is 10.2. The van der Waals surface area contributed by atoms with Gasteiger partial charge < -0.3 is 14.4 Å². The molecule has 0 spiro atoms. The SMILES string of the molecule is CN(Cc1nc2ccccc2[nH]1)C(=O)CCc1nc(-c2ccc(Cl)cc2)no1. The van der Waals surface area contributed by atoms with E-state index in [2.05, 4.69) is 20.1 Å². The van der Waals surface area contributed by atoms with Crippen LogP contribution in [-0.2, 0) is 17.8 Å². The predicted molar refractivity (Wildman–Crippen MR) is 106 cm³/mol. The highest BCUT2D eigenvalue weighted by atomic mass is 35.5. The largest absolute Gasteiger partial charge is 0.340 e. The first-order valence-electron chi connectivity index (χ1n) is 8.84. The number of aromatic nitrogens is 4. The van der Waals surface area contributed by atoms with E-state index in [1.54, 1.807) is 24.1 Å². The highest BCUT2D eigenvalue weighted by Crippen LogP contribution is 2.19. The van der Waals surface area contributed by atoms with Crippen LogP contribution in [0.25, 0.3) is 22.4 Å². The fourth-order valence-corrected chi connectivity index (χ4v) is 3.00. The topological polar surface area (TPSA) is 87.9 Å². The standard InChI is InChI=1S/C20H18ClN5O2/c1-26(12-17-22-15-4-2-3-5-16(15)23-17)19(27)11-10-18-24-20(25-28-18)13-6-8-14(21)9-7-13/h2-9H,10-12H2,1H3,(H,22,23). The molecule has 0 atom stereocenters. The van der Waals surface area contributed by atoms with E-state index in [4.69, 9.17) is 16.1 Å². The van der Waals surface area contributed by atoms with Crippen LogP contribution in [0.5, 0.6) is 0 Å². The number of rotatable bonds is 6. The third kappa shape index (κ3) is 4.04. The number of halogens is 1. The summed E-state index contributed by atoms with van der Waals surface area (Å²) < 4.78 is 5.25. The van der Waals surface area contributed by atoms with Gasteiger partial charge in [-0.1, -0.05) is 28.9 Å². The van der Waals surface area contributed by atoms with Crippen LogP contribution in [0.1, 0.15) is 18.1 Å². The maximum Gasteiger partial charge on any atom is 0.227 e. The highest BCUT2D eigenvalue weighted by molar-refractivity contribution is 6.30. The van der Waals surface area contributed by atoms with Gasteiger partial charge in [0.05, 0.1) is 17.6 Å². The van der Waals surface area contributed by atoms with Crippen LogP contribution >= 0.6 is 11.6 Å². The van der Waals surface area contributed by atoms with E-state index in [-0.39, 0.29) is 12.3 Å². The summed E-state index contributed by atoms with van der Waals surface area (Å²) in [4.78, 5) is 26.1. The Labute approximate surface area is 166 Å². The fraction of sp³-hybridized carbons (Fsp3) is 0.200. The van der Waals surface area contributed by atoms with E-state index in [0.717, 1.165) is 22.4 Å². The highest BCUT2D eigenvalue weighted by Gasteiger charge is 2.15. The molecular weight excluding hydrogens is 378 g/mol. The number of aromatic amines is 1. The molecule has 28 heavy (non-hydrogen) atoms. The molecule has 0 fully saturated rings. The Morgan fingerprint density at radius 3 is 2.71 bits per heavy atom. The lowest BCUT2D eigenvalue weighted by Gasteiger charge is -2.14. The van der Waals surface area contributed by atoms with Crippen molar-refractivity contribution in [2.24, 2.45) is 0 Å². The molecule has 0 aliphatic heterocycles. The molecule has 7 nitrogen and oxygen atoms in total. The van der Waals surface area contributed by atoms with Crippen molar-refractivity contribution < 1.29 is 9.32 Å². The van der Waals surface area contributed by atoms with Crippen molar-refractivity contribution in [1.29, 1.82) is 0 Å². The summed E-state index contributed by atoms with van der Waals surface area (Å²) in [5.74, 6) is 1.64. The van der Waals surface area contributed by atoms with Crippen LogP contribution < -0.4 is 0 Å². The van der Waals surface area contributed by atoms with Gasteiger partial charge in [-0.05, 0) is 36.4 Å². The van der Waals surface area contributed by atoms with Crippen molar-refractivity contribution >= 4 is 28.5 Å². The molecule has 0 saturated carbocycles. The number of benzene rings is 2. The minimum absolute atomic E-state index is 0.0216. The number of aryl methyl sites for hydroxylation is 1. The first-order chi connectivity index (χ1) is 13.6. The molecule has 0 bridgehead atoms. The number of amides is 1. The Hall–Kier alpha value is -3.19. The average molecular weight is 396 g/mol. The van der Waals surface area contributed by atoms with Crippen molar-refractivity contribution in [2.45, 2.75) is 19.4 Å². The Kier molecular flexibility index (Phi) is 5.08. The van der Waals surface area contributed by atoms with Gasteiger partial charge in [0.25, 0.3) is 0 Å². The minimum Gasteiger partial charge on any atom is -0.340 e. The Balaban J connectivity index is 1.34. The number of nitrogens with zero attached hydrogens (tertiary/aromatic N) is 4. The lowest BCUT2D eigenvalue weighted by molar-refractivity contribution is -0.130. The molecule has 2 aromatic carbocycles. The third-order valence-electron chi connectivity index (χ3n) is 4.37. The normalized spacial score (nSPS) is 11.1. The van der Waals surface area contributed by atoms with Crippen molar-refractivity contribution in [2.75, 3.05) is 7.05 Å². The maximum atomic E-state index is 12.4. The number of hydrogen-bond donors (Lipinski definition) is 1. The zero-order valence-electron chi connectivity index (χ0n) is 15.2. The molecule has 1 amide bonds. The van der Waals surface area contributed by atoms with Crippen LogP contribution in [-0.4, -0.2) is 38.0 Å². The predicted octanol–water partition coefficient (Wildman–Crippen LogP) is 3.86. The summed E-state index contributed by atoms with van der Waals surface area (Å²) in [6.07, 6.45) is 0.656. The van der Waals surface area contributed by atoms with Crippen molar-refractivity contribution in [3.8, 4) is 11.4 Å². The first kappa shape index (κ1) is 18.2. The van der Waals surface area contributed by atoms with Crippen molar-refractivity contribution in [3.63, 3.8) is 0 Å². The average Bonchev–Trinajstić information content (AvgIpc) is 3.33. The van der Waals surface area contributed by atoms with Gasteiger partial charge in [0.15, 0.2) is 0 Å². The summed E-state index contributed by atoms with van der Waals surface area (Å²) in [7, 11) is 1.75. The van der Waals surface area contributed by atoms with Gasteiger partial charge in [-0.3, -0.25) is 4.79 Å². The number of carbonyl (C=O) groups is 1. The molecule has 2 heterocycles. The van der Waals surface area contributed by atoms with E-state index >= 15 is 0 Å². The molecule has 2 aromatic heterocycles. The molecule has 0 unspecified atom stereocenters. The second-order valence-corrected chi connectivity index (χ2v) is 6.91. The van der Waals surface area contributed by atoms with Crippen LogP contribution in [0.15, 0.2) is 53.1 Å². The molecule has 4 aromatic rings. The van der Waals surface area contributed by atoms with Gasteiger partial charge >= 0.3 is 0 Å². The number of hydrogen-bond acceptors (Lipinski definition) is 5. The van der Waals surface area contributed by atoms with E-state index in [0.29, 0.717) is 29.7 Å². The minimum atomic E-state index is -0.0216. The second kappa shape index (κ2) is 7.82. The van der Waals surface area contributed by atoms with Crippen LogP contribution in [0.2, 0.25) is 5.02 Å². The molecule has 8 heteroatoms. The number of carbonyl (C=O) groups excluding carboxylic acids is 1. The molecule has 0 aliphatic carbocycles. The van der Waals surface area contributed by atoms with Gasteiger partial charge in [-0.2, -0.15) is 4.98 Å². The number of fused-ring (bicyclic) bond motifs is 1. The summed E-state index contributed by atoms with van der Waals surface area (Å²) in [6, 6.07) is 15.0. The van der Waals surface area contributed by atoms with E-state index in [1.165, 1.54) is 0 Å². The monoisotopic (exact) mass is 395 g/mol. The van der Waals surface area contributed by atoms with E-state index < -0.39 is 0 Å².